The molecule has 1 atom stereocenters. The molecule has 2 aromatic rings. The van der Waals surface area contributed by atoms with Gasteiger partial charge in [-0.1, -0.05) is 36.5 Å². The highest BCUT2D eigenvalue weighted by molar-refractivity contribution is 7.11. The van der Waals surface area contributed by atoms with Crippen molar-refractivity contribution in [3.05, 3.63) is 40.3 Å². The predicted octanol–water partition coefficient (Wildman–Crippen LogP) is 3.18. The molecule has 0 radical (unpaired) electrons. The number of benzene rings is 1. The summed E-state index contributed by atoms with van der Waals surface area (Å²) >= 11 is 1.60. The molecular weight excluding hydrogens is 258 g/mol. The number of ether oxygens (including phenoxy) is 1. The largest absolute Gasteiger partial charge is 0.486 e. The van der Waals surface area contributed by atoms with Crippen molar-refractivity contribution in [3.63, 3.8) is 0 Å². The lowest BCUT2D eigenvalue weighted by molar-refractivity contribution is 0.304. The second-order valence-corrected chi connectivity index (χ2v) is 5.41. The highest BCUT2D eigenvalue weighted by Crippen LogP contribution is 2.19. The monoisotopic (exact) mass is 277 g/mol. The Morgan fingerprint density at radius 3 is 2.79 bits per heavy atom. The van der Waals surface area contributed by atoms with Gasteiger partial charge < -0.3 is 10.1 Å². The second kappa shape index (κ2) is 7.21. The molecule has 19 heavy (non-hydrogen) atoms. The van der Waals surface area contributed by atoms with Crippen LogP contribution in [0.3, 0.4) is 0 Å². The van der Waals surface area contributed by atoms with Crippen molar-refractivity contribution in [1.29, 1.82) is 0 Å². The third kappa shape index (κ3) is 4.29. The Balaban J connectivity index is 1.87. The summed E-state index contributed by atoms with van der Waals surface area (Å²) in [6.07, 6.45) is 1.12. The molecule has 1 aromatic carbocycles. The van der Waals surface area contributed by atoms with Crippen molar-refractivity contribution in [1.82, 2.24) is 15.5 Å². The van der Waals surface area contributed by atoms with E-state index >= 15 is 0 Å². The number of aromatic nitrogens is 2. The van der Waals surface area contributed by atoms with Gasteiger partial charge in [0.15, 0.2) is 5.01 Å². The number of rotatable bonds is 7. The predicted molar refractivity (Wildman–Crippen MR) is 77.4 cm³/mol. The first kappa shape index (κ1) is 14.0. The van der Waals surface area contributed by atoms with Gasteiger partial charge in [0.05, 0.1) is 6.04 Å². The van der Waals surface area contributed by atoms with Crippen LogP contribution in [0.25, 0.3) is 0 Å². The Morgan fingerprint density at radius 2 is 2.05 bits per heavy atom. The lowest BCUT2D eigenvalue weighted by Gasteiger charge is -2.08. The van der Waals surface area contributed by atoms with E-state index in [-0.39, 0.29) is 6.04 Å². The van der Waals surface area contributed by atoms with Gasteiger partial charge in [-0.3, -0.25) is 0 Å². The Morgan fingerprint density at radius 1 is 1.26 bits per heavy atom. The molecule has 5 heteroatoms. The van der Waals surface area contributed by atoms with E-state index in [2.05, 4.69) is 29.4 Å². The van der Waals surface area contributed by atoms with Crippen LogP contribution in [0.4, 0.5) is 0 Å². The summed E-state index contributed by atoms with van der Waals surface area (Å²) < 4.78 is 5.65. The minimum atomic E-state index is 0.253. The van der Waals surface area contributed by atoms with Crippen molar-refractivity contribution in [3.8, 4) is 5.75 Å². The second-order valence-electron chi connectivity index (χ2n) is 4.31. The average molecular weight is 277 g/mol. The van der Waals surface area contributed by atoms with Gasteiger partial charge >= 0.3 is 0 Å². The van der Waals surface area contributed by atoms with E-state index < -0.39 is 0 Å². The van der Waals surface area contributed by atoms with Crippen LogP contribution >= 0.6 is 11.3 Å². The standard InChI is InChI=1S/C14H19N3OS/c1-3-9-15-11(2)14-17-16-13(19-14)10-18-12-7-5-4-6-8-12/h4-8,11,15H,3,9-10H2,1-2H3. The molecule has 0 bridgehead atoms. The normalized spacial score (nSPS) is 12.3. The summed E-state index contributed by atoms with van der Waals surface area (Å²) in [5.41, 5.74) is 0. The van der Waals surface area contributed by atoms with Gasteiger partial charge in [0.2, 0.25) is 0 Å². The summed E-state index contributed by atoms with van der Waals surface area (Å²) in [4.78, 5) is 0. The zero-order chi connectivity index (χ0) is 13.5. The summed E-state index contributed by atoms with van der Waals surface area (Å²) in [5, 5.41) is 13.7. The first-order valence-corrected chi connectivity index (χ1v) is 7.34. The van der Waals surface area contributed by atoms with E-state index in [0.29, 0.717) is 6.61 Å². The SMILES string of the molecule is CCCNC(C)c1nnc(COc2ccccc2)s1. The van der Waals surface area contributed by atoms with E-state index in [1.807, 2.05) is 30.3 Å². The minimum absolute atomic E-state index is 0.253. The van der Waals surface area contributed by atoms with Gasteiger partial charge in [0, 0.05) is 0 Å². The molecule has 1 aromatic heterocycles. The first-order chi connectivity index (χ1) is 9.29. The van der Waals surface area contributed by atoms with Crippen LogP contribution in [0.5, 0.6) is 5.75 Å². The lowest BCUT2D eigenvalue weighted by atomic mass is 10.3. The van der Waals surface area contributed by atoms with Crippen molar-refractivity contribution >= 4 is 11.3 Å². The van der Waals surface area contributed by atoms with E-state index in [0.717, 1.165) is 28.7 Å². The molecule has 0 saturated carbocycles. The van der Waals surface area contributed by atoms with Crippen molar-refractivity contribution in [2.75, 3.05) is 6.54 Å². The van der Waals surface area contributed by atoms with Gasteiger partial charge in [0.25, 0.3) is 0 Å². The van der Waals surface area contributed by atoms with Crippen LogP contribution in [0.2, 0.25) is 0 Å². The Bertz CT molecular complexity index is 486. The molecule has 0 aliphatic carbocycles. The molecule has 0 amide bonds. The van der Waals surface area contributed by atoms with Crippen LogP contribution in [-0.4, -0.2) is 16.7 Å². The van der Waals surface area contributed by atoms with Gasteiger partial charge in [0.1, 0.15) is 17.4 Å². The quantitative estimate of drug-likeness (QED) is 0.844. The Kier molecular flexibility index (Phi) is 5.30. The summed E-state index contributed by atoms with van der Waals surface area (Å²) in [7, 11) is 0. The van der Waals surface area contributed by atoms with E-state index in [1.165, 1.54) is 0 Å². The molecule has 2 rings (SSSR count). The number of nitrogens with zero attached hydrogens (tertiary/aromatic N) is 2. The van der Waals surface area contributed by atoms with Crippen LogP contribution < -0.4 is 10.1 Å². The summed E-state index contributed by atoms with van der Waals surface area (Å²) in [6.45, 7) is 5.73. The number of nitrogens with one attached hydrogen (secondary N) is 1. The highest BCUT2D eigenvalue weighted by atomic mass is 32.1. The molecule has 102 valence electrons. The van der Waals surface area contributed by atoms with Crippen LogP contribution in [0, 0.1) is 0 Å². The van der Waals surface area contributed by atoms with Crippen LogP contribution in [0.1, 0.15) is 36.3 Å². The van der Waals surface area contributed by atoms with Crippen molar-refractivity contribution < 1.29 is 4.74 Å². The highest BCUT2D eigenvalue weighted by Gasteiger charge is 2.11. The third-order valence-electron chi connectivity index (χ3n) is 2.66. The van der Waals surface area contributed by atoms with Crippen LogP contribution in [-0.2, 0) is 6.61 Å². The molecule has 1 N–H and O–H groups in total. The van der Waals surface area contributed by atoms with E-state index in [9.17, 15) is 0 Å². The van der Waals surface area contributed by atoms with Gasteiger partial charge in [-0.05, 0) is 32.0 Å². The molecule has 1 heterocycles. The fourth-order valence-corrected chi connectivity index (χ4v) is 2.39. The van der Waals surface area contributed by atoms with Crippen molar-refractivity contribution in [2.45, 2.75) is 32.9 Å². The summed E-state index contributed by atoms with van der Waals surface area (Å²) in [6, 6.07) is 10.0. The van der Waals surface area contributed by atoms with Gasteiger partial charge in [-0.2, -0.15) is 0 Å². The van der Waals surface area contributed by atoms with Gasteiger partial charge in [-0.25, -0.2) is 0 Å². The average Bonchev–Trinajstić information content (AvgIpc) is 2.92. The van der Waals surface area contributed by atoms with Crippen LogP contribution in [0.15, 0.2) is 30.3 Å². The van der Waals surface area contributed by atoms with E-state index in [1.54, 1.807) is 11.3 Å². The van der Waals surface area contributed by atoms with Crippen molar-refractivity contribution in [2.24, 2.45) is 0 Å². The number of hydrogen-bond donors (Lipinski definition) is 1. The lowest BCUT2D eigenvalue weighted by Crippen LogP contribution is -2.19. The first-order valence-electron chi connectivity index (χ1n) is 6.53. The maximum atomic E-state index is 5.65. The maximum absolute atomic E-state index is 5.65. The molecule has 0 spiro atoms. The zero-order valence-electron chi connectivity index (χ0n) is 11.3. The Hall–Kier alpha value is -1.46. The molecule has 0 aliphatic rings. The molecular formula is C14H19N3OS. The number of hydrogen-bond acceptors (Lipinski definition) is 5. The fourth-order valence-electron chi connectivity index (χ4n) is 1.61. The maximum Gasteiger partial charge on any atom is 0.155 e. The molecule has 0 saturated heterocycles. The molecule has 1 unspecified atom stereocenters. The van der Waals surface area contributed by atoms with E-state index in [4.69, 9.17) is 4.74 Å². The smallest absolute Gasteiger partial charge is 0.155 e. The number of para-hydroxylation sites is 1. The molecule has 4 nitrogen and oxygen atoms in total. The molecule has 0 aliphatic heterocycles. The fraction of sp³-hybridized carbons (Fsp3) is 0.429. The third-order valence-corrected chi connectivity index (χ3v) is 3.74. The zero-order valence-corrected chi connectivity index (χ0v) is 12.1. The molecule has 0 fully saturated rings. The minimum Gasteiger partial charge on any atom is -0.486 e. The van der Waals surface area contributed by atoms with Gasteiger partial charge in [-0.15, -0.1) is 10.2 Å². The summed E-state index contributed by atoms with van der Waals surface area (Å²) in [5.74, 6) is 0.858. The Labute approximate surface area is 117 Å². The topological polar surface area (TPSA) is 47.0 Å².